The largest absolute Gasteiger partial charge is 0.306 e. The maximum Gasteiger partial charge on any atom is 0.00344 e. The number of nitrogens with zero attached hydrogens (tertiary/aromatic N) is 3. The Hall–Kier alpha value is -0.120. The molecule has 0 aromatic rings. The van der Waals surface area contributed by atoms with Gasteiger partial charge in [0.15, 0.2) is 0 Å². The van der Waals surface area contributed by atoms with E-state index in [2.05, 4.69) is 28.8 Å². The smallest absolute Gasteiger partial charge is 0.00344 e. The van der Waals surface area contributed by atoms with Gasteiger partial charge in [0.05, 0.1) is 0 Å². The second-order valence-electron chi connectivity index (χ2n) is 6.05. The second-order valence-corrected chi connectivity index (χ2v) is 6.05. The first-order valence-electron chi connectivity index (χ1n) is 6.30. The van der Waals surface area contributed by atoms with Gasteiger partial charge < -0.3 is 14.7 Å². The average Bonchev–Trinajstić information content (AvgIpc) is 2.58. The molecule has 0 radical (unpaired) electrons. The lowest BCUT2D eigenvalue weighted by molar-refractivity contribution is 0.0955. The fourth-order valence-corrected chi connectivity index (χ4v) is 3.78. The van der Waals surface area contributed by atoms with Crippen molar-refractivity contribution in [3.8, 4) is 0 Å². The number of likely N-dealkylation sites (tertiary alicyclic amines) is 3. The lowest BCUT2D eigenvalue weighted by Gasteiger charge is -2.38. The van der Waals surface area contributed by atoms with Crippen LogP contribution in [0.15, 0.2) is 0 Å². The normalized spacial score (nSPS) is 39.6. The number of fused-ring (bicyclic) bond motifs is 1. The summed E-state index contributed by atoms with van der Waals surface area (Å²) in [5.41, 5.74) is 0. The van der Waals surface area contributed by atoms with Crippen LogP contribution in [0.1, 0.15) is 0 Å². The van der Waals surface area contributed by atoms with E-state index >= 15 is 0 Å². The van der Waals surface area contributed by atoms with Crippen molar-refractivity contribution in [3.05, 3.63) is 0 Å². The first kappa shape index (κ1) is 10.1. The van der Waals surface area contributed by atoms with Gasteiger partial charge in [0.25, 0.3) is 0 Å². The van der Waals surface area contributed by atoms with Gasteiger partial charge in [-0.25, -0.2) is 0 Å². The molecule has 3 saturated heterocycles. The maximum absolute atomic E-state index is 2.72. The lowest BCUT2D eigenvalue weighted by atomic mass is 10.0. The molecule has 0 aliphatic carbocycles. The summed E-state index contributed by atoms with van der Waals surface area (Å²) in [6, 6.07) is 0. The van der Waals surface area contributed by atoms with E-state index in [9.17, 15) is 0 Å². The summed E-state index contributed by atoms with van der Waals surface area (Å²) in [5, 5.41) is 0. The maximum atomic E-state index is 2.72. The van der Waals surface area contributed by atoms with Gasteiger partial charge in [-0.1, -0.05) is 0 Å². The Bertz CT molecular complexity index is 220. The molecule has 3 fully saturated rings. The van der Waals surface area contributed by atoms with Gasteiger partial charge in [-0.05, 0) is 31.8 Å². The second kappa shape index (κ2) is 3.72. The molecule has 3 aliphatic heterocycles. The van der Waals surface area contributed by atoms with Gasteiger partial charge >= 0.3 is 0 Å². The van der Waals surface area contributed by atoms with Gasteiger partial charge in [-0.3, -0.25) is 0 Å². The molecule has 3 heterocycles. The van der Waals surface area contributed by atoms with Crippen molar-refractivity contribution in [3.63, 3.8) is 0 Å². The Morgan fingerprint density at radius 3 is 1.87 bits per heavy atom. The number of rotatable bonds is 2. The molecular weight excluding hydrogens is 186 g/mol. The van der Waals surface area contributed by atoms with Crippen molar-refractivity contribution in [1.82, 2.24) is 14.7 Å². The van der Waals surface area contributed by atoms with Gasteiger partial charge in [-0.15, -0.1) is 0 Å². The standard InChI is InChI=1S/C12H23N3/c1-13-3-10(4-13)5-15-8-11-6-14(2)7-12(11)9-15/h10-12H,3-9H2,1-2H3/t11-,12+. The zero-order valence-corrected chi connectivity index (χ0v) is 10.0. The van der Waals surface area contributed by atoms with E-state index in [1.165, 1.54) is 45.8 Å². The third kappa shape index (κ3) is 1.93. The minimum absolute atomic E-state index is 0.964. The van der Waals surface area contributed by atoms with Gasteiger partial charge in [-0.2, -0.15) is 0 Å². The molecule has 0 aromatic carbocycles. The van der Waals surface area contributed by atoms with Crippen LogP contribution in [0.5, 0.6) is 0 Å². The fraction of sp³-hybridized carbons (Fsp3) is 1.00. The summed E-state index contributed by atoms with van der Waals surface area (Å²) in [5.74, 6) is 2.92. The molecule has 0 spiro atoms. The molecule has 15 heavy (non-hydrogen) atoms. The molecule has 2 atom stereocenters. The average molecular weight is 209 g/mol. The van der Waals surface area contributed by atoms with E-state index in [0.717, 1.165) is 17.8 Å². The SMILES string of the molecule is CN1CC(CN2C[C@H]3CN(C)C[C@H]3C2)C1. The van der Waals surface area contributed by atoms with E-state index < -0.39 is 0 Å². The van der Waals surface area contributed by atoms with Gasteiger partial charge in [0, 0.05) is 45.8 Å². The molecule has 0 unspecified atom stereocenters. The highest BCUT2D eigenvalue weighted by Gasteiger charge is 2.39. The van der Waals surface area contributed by atoms with Crippen LogP contribution in [0.4, 0.5) is 0 Å². The predicted molar refractivity (Wildman–Crippen MR) is 61.9 cm³/mol. The Labute approximate surface area is 93.0 Å². The zero-order chi connectivity index (χ0) is 10.4. The van der Waals surface area contributed by atoms with Crippen LogP contribution in [0, 0.1) is 17.8 Å². The fourth-order valence-electron chi connectivity index (χ4n) is 3.78. The Morgan fingerprint density at radius 2 is 1.33 bits per heavy atom. The highest BCUT2D eigenvalue weighted by molar-refractivity contribution is 4.93. The molecule has 86 valence electrons. The van der Waals surface area contributed by atoms with Crippen LogP contribution >= 0.6 is 0 Å². The van der Waals surface area contributed by atoms with E-state index in [4.69, 9.17) is 0 Å². The summed E-state index contributed by atoms with van der Waals surface area (Å²) in [4.78, 5) is 7.65. The Kier molecular flexibility index (Phi) is 2.49. The number of hydrogen-bond acceptors (Lipinski definition) is 3. The molecule has 3 aliphatic rings. The van der Waals surface area contributed by atoms with Crippen LogP contribution in [-0.4, -0.2) is 74.6 Å². The van der Waals surface area contributed by atoms with Crippen LogP contribution in [0.25, 0.3) is 0 Å². The summed E-state index contributed by atoms with van der Waals surface area (Å²) >= 11 is 0. The van der Waals surface area contributed by atoms with Crippen LogP contribution < -0.4 is 0 Å². The third-order valence-electron chi connectivity index (χ3n) is 4.40. The molecule has 0 N–H and O–H groups in total. The van der Waals surface area contributed by atoms with Crippen LogP contribution in [-0.2, 0) is 0 Å². The molecule has 0 amide bonds. The molecule has 0 saturated carbocycles. The van der Waals surface area contributed by atoms with Crippen molar-refractivity contribution in [2.24, 2.45) is 17.8 Å². The number of hydrogen-bond donors (Lipinski definition) is 0. The Morgan fingerprint density at radius 1 is 0.800 bits per heavy atom. The van der Waals surface area contributed by atoms with Crippen molar-refractivity contribution in [2.75, 3.05) is 59.9 Å². The molecule has 3 heteroatoms. The monoisotopic (exact) mass is 209 g/mol. The van der Waals surface area contributed by atoms with Crippen molar-refractivity contribution in [2.45, 2.75) is 0 Å². The van der Waals surface area contributed by atoms with Crippen LogP contribution in [0.3, 0.4) is 0 Å². The topological polar surface area (TPSA) is 9.72 Å². The molecule has 3 rings (SSSR count). The zero-order valence-electron chi connectivity index (χ0n) is 10.0. The molecule has 0 bridgehead atoms. The van der Waals surface area contributed by atoms with Crippen LogP contribution in [0.2, 0.25) is 0 Å². The summed E-state index contributed by atoms with van der Waals surface area (Å²) < 4.78 is 0. The molecular formula is C12H23N3. The lowest BCUT2D eigenvalue weighted by Crippen LogP contribution is -2.49. The van der Waals surface area contributed by atoms with Crippen molar-refractivity contribution in [1.29, 1.82) is 0 Å². The summed E-state index contributed by atoms with van der Waals surface area (Å²) in [6.45, 7) is 9.43. The third-order valence-corrected chi connectivity index (χ3v) is 4.40. The van der Waals surface area contributed by atoms with Gasteiger partial charge in [0.2, 0.25) is 0 Å². The first-order valence-corrected chi connectivity index (χ1v) is 6.30. The van der Waals surface area contributed by atoms with E-state index in [1.807, 2.05) is 0 Å². The van der Waals surface area contributed by atoms with E-state index in [0.29, 0.717) is 0 Å². The molecule has 0 aromatic heterocycles. The Balaban J connectivity index is 1.47. The first-order chi connectivity index (χ1) is 7.20. The summed E-state index contributed by atoms with van der Waals surface area (Å²) in [7, 11) is 4.49. The minimum atomic E-state index is 0.964. The van der Waals surface area contributed by atoms with Crippen molar-refractivity contribution >= 4 is 0 Å². The predicted octanol–water partition coefficient (Wildman–Crippen LogP) is 0.0414. The minimum Gasteiger partial charge on any atom is -0.306 e. The van der Waals surface area contributed by atoms with E-state index in [1.54, 1.807) is 0 Å². The molecule has 3 nitrogen and oxygen atoms in total. The highest BCUT2D eigenvalue weighted by atomic mass is 15.2. The van der Waals surface area contributed by atoms with Crippen molar-refractivity contribution < 1.29 is 0 Å². The van der Waals surface area contributed by atoms with E-state index in [-0.39, 0.29) is 0 Å². The van der Waals surface area contributed by atoms with Gasteiger partial charge in [0.1, 0.15) is 0 Å². The quantitative estimate of drug-likeness (QED) is 0.636. The highest BCUT2D eigenvalue weighted by Crippen LogP contribution is 2.31. The summed E-state index contributed by atoms with van der Waals surface area (Å²) in [6.07, 6.45) is 0.